The smallest absolute Gasteiger partial charge is 0.251 e. The Morgan fingerprint density at radius 1 is 1.44 bits per heavy atom. The highest BCUT2D eigenvalue weighted by Crippen LogP contribution is 2.20. The van der Waals surface area contributed by atoms with Crippen LogP contribution < -0.4 is 16.4 Å². The molecule has 2 amide bonds. The molecule has 1 aromatic rings. The van der Waals surface area contributed by atoms with Crippen molar-refractivity contribution in [1.29, 1.82) is 0 Å². The summed E-state index contributed by atoms with van der Waals surface area (Å²) >= 11 is 3.25. The summed E-state index contributed by atoms with van der Waals surface area (Å²) in [5, 5.41) is 5.24. The van der Waals surface area contributed by atoms with Gasteiger partial charge in [-0.1, -0.05) is 0 Å². The number of rotatable bonds is 4. The molecule has 6 heteroatoms. The van der Waals surface area contributed by atoms with E-state index in [2.05, 4.69) is 26.6 Å². The number of nitrogens with two attached hydrogens (primary N) is 1. The monoisotopic (exact) mass is 313 g/mol. The van der Waals surface area contributed by atoms with Crippen LogP contribution in [-0.4, -0.2) is 24.4 Å². The lowest BCUT2D eigenvalue weighted by Crippen LogP contribution is -2.44. The van der Waals surface area contributed by atoms with Crippen LogP contribution in [0.1, 0.15) is 24.2 Å². The number of benzene rings is 1. The molecule has 0 aliphatic carbocycles. The van der Waals surface area contributed by atoms with Crippen LogP contribution in [0.5, 0.6) is 0 Å². The molecule has 0 bridgehead atoms. The molecule has 1 unspecified atom stereocenters. The molecule has 1 atom stereocenters. The molecule has 0 aliphatic rings. The van der Waals surface area contributed by atoms with Gasteiger partial charge in [0.15, 0.2) is 0 Å². The maximum atomic E-state index is 11.9. The zero-order chi connectivity index (χ0) is 13.7. The number of amides is 2. The van der Waals surface area contributed by atoms with E-state index in [1.807, 2.05) is 6.92 Å². The van der Waals surface area contributed by atoms with Gasteiger partial charge in [0.2, 0.25) is 5.91 Å². The van der Waals surface area contributed by atoms with Crippen molar-refractivity contribution in [2.45, 2.75) is 19.9 Å². The van der Waals surface area contributed by atoms with E-state index in [0.29, 0.717) is 17.8 Å². The van der Waals surface area contributed by atoms with Crippen molar-refractivity contribution in [2.75, 3.05) is 12.3 Å². The summed E-state index contributed by atoms with van der Waals surface area (Å²) in [5.41, 5.74) is 6.59. The lowest BCUT2D eigenvalue weighted by atomic mass is 10.2. The van der Waals surface area contributed by atoms with Crippen LogP contribution in [0.15, 0.2) is 22.7 Å². The van der Waals surface area contributed by atoms with Crippen molar-refractivity contribution in [2.24, 2.45) is 0 Å². The van der Waals surface area contributed by atoms with Gasteiger partial charge in [-0.2, -0.15) is 0 Å². The fourth-order valence-corrected chi connectivity index (χ4v) is 1.60. The molecular formula is C12H16BrN3O2. The topological polar surface area (TPSA) is 84.2 Å². The predicted octanol–water partition coefficient (Wildman–Crippen LogP) is 1.29. The first-order valence-corrected chi connectivity index (χ1v) is 6.38. The highest BCUT2D eigenvalue weighted by Gasteiger charge is 2.16. The van der Waals surface area contributed by atoms with E-state index in [0.717, 1.165) is 4.47 Å². The minimum atomic E-state index is -0.581. The maximum Gasteiger partial charge on any atom is 0.251 e. The summed E-state index contributed by atoms with van der Waals surface area (Å²) in [6, 6.07) is 4.31. The number of carbonyl (C=O) groups is 2. The van der Waals surface area contributed by atoms with E-state index in [1.165, 1.54) is 0 Å². The maximum absolute atomic E-state index is 11.9. The Labute approximate surface area is 114 Å². The van der Waals surface area contributed by atoms with Crippen molar-refractivity contribution >= 4 is 33.4 Å². The van der Waals surface area contributed by atoms with Crippen LogP contribution in [0.25, 0.3) is 0 Å². The van der Waals surface area contributed by atoms with Crippen LogP contribution >= 0.6 is 15.9 Å². The third kappa shape index (κ3) is 3.73. The number of anilines is 1. The number of nitrogen functional groups attached to an aromatic ring is 1. The van der Waals surface area contributed by atoms with Gasteiger partial charge in [-0.05, 0) is 48.0 Å². The van der Waals surface area contributed by atoms with Crippen LogP contribution in [0.3, 0.4) is 0 Å². The zero-order valence-corrected chi connectivity index (χ0v) is 11.9. The normalized spacial score (nSPS) is 11.7. The summed E-state index contributed by atoms with van der Waals surface area (Å²) in [7, 11) is 0. The highest BCUT2D eigenvalue weighted by molar-refractivity contribution is 9.10. The van der Waals surface area contributed by atoms with Crippen LogP contribution in [-0.2, 0) is 4.79 Å². The molecule has 98 valence electrons. The lowest BCUT2D eigenvalue weighted by Gasteiger charge is -2.13. The van der Waals surface area contributed by atoms with Gasteiger partial charge in [-0.3, -0.25) is 9.59 Å². The Balaban J connectivity index is 2.70. The molecule has 18 heavy (non-hydrogen) atoms. The molecule has 0 aliphatic heterocycles. The van der Waals surface area contributed by atoms with Crippen LogP contribution in [0.2, 0.25) is 0 Å². The largest absolute Gasteiger partial charge is 0.398 e. The summed E-state index contributed by atoms with van der Waals surface area (Å²) in [6.07, 6.45) is 0. The number of nitrogens with one attached hydrogen (secondary N) is 2. The second kappa shape index (κ2) is 6.39. The van der Waals surface area contributed by atoms with E-state index < -0.39 is 6.04 Å². The van der Waals surface area contributed by atoms with E-state index in [1.54, 1.807) is 25.1 Å². The fraction of sp³-hybridized carbons (Fsp3) is 0.333. The first-order valence-electron chi connectivity index (χ1n) is 5.59. The molecule has 5 nitrogen and oxygen atoms in total. The SMILES string of the molecule is CCNC(=O)C(C)NC(=O)c1ccc(Br)c(N)c1. The molecule has 0 saturated heterocycles. The van der Waals surface area contributed by atoms with Gasteiger partial charge in [-0.25, -0.2) is 0 Å². The molecular weight excluding hydrogens is 298 g/mol. The van der Waals surface area contributed by atoms with Gasteiger partial charge in [0.1, 0.15) is 6.04 Å². The van der Waals surface area contributed by atoms with E-state index in [9.17, 15) is 9.59 Å². The predicted molar refractivity (Wildman–Crippen MR) is 74.2 cm³/mol. The van der Waals surface area contributed by atoms with Crippen molar-refractivity contribution in [3.63, 3.8) is 0 Å². The molecule has 0 heterocycles. The average molecular weight is 314 g/mol. The van der Waals surface area contributed by atoms with E-state index in [-0.39, 0.29) is 11.8 Å². The van der Waals surface area contributed by atoms with Crippen molar-refractivity contribution < 1.29 is 9.59 Å². The van der Waals surface area contributed by atoms with Gasteiger partial charge in [0.05, 0.1) is 0 Å². The fourth-order valence-electron chi connectivity index (χ4n) is 1.36. The third-order valence-corrected chi connectivity index (χ3v) is 3.07. The molecule has 1 rings (SSSR count). The van der Waals surface area contributed by atoms with Gasteiger partial charge < -0.3 is 16.4 Å². The summed E-state index contributed by atoms with van der Waals surface area (Å²) in [5.74, 6) is -0.538. The van der Waals surface area contributed by atoms with Gasteiger partial charge in [0.25, 0.3) is 5.91 Å². The van der Waals surface area contributed by atoms with E-state index >= 15 is 0 Å². The molecule has 4 N–H and O–H groups in total. The standard InChI is InChI=1S/C12H16BrN3O2/c1-3-15-11(17)7(2)16-12(18)8-4-5-9(13)10(14)6-8/h4-7H,3,14H2,1-2H3,(H,15,17)(H,16,18). The Morgan fingerprint density at radius 2 is 2.11 bits per heavy atom. The minimum absolute atomic E-state index is 0.212. The molecule has 0 saturated carbocycles. The summed E-state index contributed by atoms with van der Waals surface area (Å²) in [6.45, 7) is 3.98. The Morgan fingerprint density at radius 3 is 2.67 bits per heavy atom. The molecule has 1 aromatic carbocycles. The highest BCUT2D eigenvalue weighted by atomic mass is 79.9. The van der Waals surface area contributed by atoms with Crippen LogP contribution in [0, 0.1) is 0 Å². The second-order valence-corrected chi connectivity index (χ2v) is 4.68. The van der Waals surface area contributed by atoms with Crippen LogP contribution in [0.4, 0.5) is 5.69 Å². The first kappa shape index (κ1) is 14.5. The molecule has 0 aromatic heterocycles. The number of hydrogen-bond donors (Lipinski definition) is 3. The Hall–Kier alpha value is -1.56. The summed E-state index contributed by atoms with van der Waals surface area (Å²) in [4.78, 5) is 23.3. The quantitative estimate of drug-likeness (QED) is 0.732. The number of halogens is 1. The molecule has 0 spiro atoms. The Kier molecular flexibility index (Phi) is 5.15. The van der Waals surface area contributed by atoms with Crippen molar-refractivity contribution in [3.05, 3.63) is 28.2 Å². The average Bonchev–Trinajstić information content (AvgIpc) is 2.32. The number of hydrogen-bond acceptors (Lipinski definition) is 3. The second-order valence-electron chi connectivity index (χ2n) is 3.83. The third-order valence-electron chi connectivity index (χ3n) is 2.35. The zero-order valence-electron chi connectivity index (χ0n) is 10.3. The van der Waals surface area contributed by atoms with Gasteiger partial charge in [0, 0.05) is 22.3 Å². The van der Waals surface area contributed by atoms with Crippen molar-refractivity contribution in [3.8, 4) is 0 Å². The van der Waals surface area contributed by atoms with Gasteiger partial charge >= 0.3 is 0 Å². The molecule has 0 fully saturated rings. The lowest BCUT2D eigenvalue weighted by molar-refractivity contribution is -0.122. The number of carbonyl (C=O) groups excluding carboxylic acids is 2. The molecule has 0 radical (unpaired) electrons. The Bertz CT molecular complexity index is 463. The van der Waals surface area contributed by atoms with Crippen molar-refractivity contribution in [1.82, 2.24) is 10.6 Å². The minimum Gasteiger partial charge on any atom is -0.398 e. The van der Waals surface area contributed by atoms with E-state index in [4.69, 9.17) is 5.73 Å². The first-order chi connectivity index (χ1) is 8.45. The number of likely N-dealkylation sites (N-methyl/N-ethyl adjacent to an activating group) is 1. The summed E-state index contributed by atoms with van der Waals surface area (Å²) < 4.78 is 0.732. The van der Waals surface area contributed by atoms with Gasteiger partial charge in [-0.15, -0.1) is 0 Å².